The number of halogens is 1. The molecule has 0 radical (unpaired) electrons. The van der Waals surface area contributed by atoms with Crippen molar-refractivity contribution in [3.05, 3.63) is 84.1 Å². The van der Waals surface area contributed by atoms with Crippen LogP contribution in [0.5, 0.6) is 0 Å². The van der Waals surface area contributed by atoms with Gasteiger partial charge in [-0.15, -0.1) is 15.0 Å². The molecule has 7 heteroatoms. The van der Waals surface area contributed by atoms with Gasteiger partial charge in [0.25, 0.3) is 0 Å². The molecule has 0 amide bonds. The number of aromatic nitrogens is 6. The molecule has 3 heterocycles. The first-order chi connectivity index (χ1) is 13.5. The van der Waals surface area contributed by atoms with Crippen LogP contribution in [0.2, 0.25) is 0 Å². The molecule has 0 aliphatic heterocycles. The van der Waals surface area contributed by atoms with Gasteiger partial charge in [0.15, 0.2) is 0 Å². The van der Waals surface area contributed by atoms with Gasteiger partial charge in [-0.25, -0.2) is 4.39 Å². The van der Waals surface area contributed by atoms with Crippen molar-refractivity contribution in [2.75, 3.05) is 0 Å². The van der Waals surface area contributed by atoms with Crippen molar-refractivity contribution in [3.8, 4) is 11.5 Å². The van der Waals surface area contributed by atoms with Crippen molar-refractivity contribution in [1.29, 1.82) is 0 Å². The van der Waals surface area contributed by atoms with Gasteiger partial charge in [-0.05, 0) is 68.8 Å². The zero-order valence-corrected chi connectivity index (χ0v) is 16.4. The van der Waals surface area contributed by atoms with Crippen LogP contribution in [0.15, 0.2) is 78.6 Å². The van der Waals surface area contributed by atoms with Gasteiger partial charge >= 0.3 is 0 Å². The normalized spacial score (nSPS) is 12.4. The van der Waals surface area contributed by atoms with Crippen LogP contribution in [0, 0.1) is 6.92 Å². The van der Waals surface area contributed by atoms with E-state index in [-0.39, 0.29) is 5.83 Å². The van der Waals surface area contributed by atoms with Crippen LogP contribution in [-0.4, -0.2) is 30.2 Å². The first-order valence-electron chi connectivity index (χ1n) is 8.76. The molecular weight excluding hydrogens is 355 g/mol. The summed E-state index contributed by atoms with van der Waals surface area (Å²) in [6.45, 7) is 7.42. The second-order valence-corrected chi connectivity index (χ2v) is 6.00. The highest BCUT2D eigenvalue weighted by Crippen LogP contribution is 2.13. The largest absolute Gasteiger partial charge is 0.264 e. The van der Waals surface area contributed by atoms with Gasteiger partial charge in [0.1, 0.15) is 11.5 Å². The molecule has 0 saturated heterocycles. The van der Waals surface area contributed by atoms with Crippen molar-refractivity contribution >= 4 is 5.70 Å². The molecule has 0 bridgehead atoms. The molecule has 0 fully saturated rings. The van der Waals surface area contributed by atoms with E-state index in [0.717, 1.165) is 5.57 Å². The Labute approximate surface area is 164 Å². The Hall–Kier alpha value is -3.48. The fourth-order valence-corrected chi connectivity index (χ4v) is 2.01. The summed E-state index contributed by atoms with van der Waals surface area (Å²) in [4.78, 5) is 9.31. The van der Waals surface area contributed by atoms with E-state index in [9.17, 15) is 4.39 Å². The van der Waals surface area contributed by atoms with Crippen LogP contribution in [-0.2, 0) is 0 Å². The Morgan fingerprint density at radius 3 is 2.46 bits per heavy atom. The maximum atomic E-state index is 13.7. The van der Waals surface area contributed by atoms with Crippen LogP contribution in [0.1, 0.15) is 26.3 Å². The first-order valence-corrected chi connectivity index (χ1v) is 8.76. The number of rotatable bonds is 4. The Morgan fingerprint density at radius 2 is 1.89 bits per heavy atom. The second kappa shape index (κ2) is 10.6. The average Bonchev–Trinajstić information content (AvgIpc) is 3.20. The summed E-state index contributed by atoms with van der Waals surface area (Å²) in [6.07, 6.45) is 9.89. The lowest BCUT2D eigenvalue weighted by atomic mass is 10.2. The summed E-state index contributed by atoms with van der Waals surface area (Å²) in [5.74, 6) is 0.0390. The molecule has 6 nitrogen and oxygen atoms in total. The van der Waals surface area contributed by atoms with Gasteiger partial charge in [-0.3, -0.25) is 9.97 Å². The fraction of sp³-hybridized carbons (Fsp3) is 0.190. The van der Waals surface area contributed by atoms with Gasteiger partial charge in [0.05, 0.1) is 5.70 Å². The van der Waals surface area contributed by atoms with E-state index in [1.165, 1.54) is 22.5 Å². The van der Waals surface area contributed by atoms with Crippen LogP contribution in [0.3, 0.4) is 0 Å². The van der Waals surface area contributed by atoms with E-state index in [0.29, 0.717) is 17.2 Å². The lowest BCUT2D eigenvalue weighted by molar-refractivity contribution is 0.660. The summed E-state index contributed by atoms with van der Waals surface area (Å²) in [7, 11) is 0. The maximum Gasteiger partial charge on any atom is 0.223 e. The summed E-state index contributed by atoms with van der Waals surface area (Å²) < 4.78 is 13.7. The molecule has 0 N–H and O–H groups in total. The van der Waals surface area contributed by atoms with Crippen molar-refractivity contribution in [1.82, 2.24) is 30.2 Å². The summed E-state index contributed by atoms with van der Waals surface area (Å²) in [5.41, 5.74) is 3.21. The van der Waals surface area contributed by atoms with Crippen molar-refractivity contribution < 1.29 is 4.39 Å². The summed E-state index contributed by atoms with van der Waals surface area (Å²) >= 11 is 0. The molecule has 0 saturated carbocycles. The monoisotopic (exact) mass is 378 g/mol. The maximum absolute atomic E-state index is 13.7. The SMILES string of the molecule is C\C=C(C)/C=C(F)\C=C(/C)n1nnc(-c2ccccn2)n1.Cc1cccnc1. The standard InChI is InChI=1S/C15H16FN5.C6H7N/c1-4-11(2)9-13(16)10-12(3)21-19-15(18-20-21)14-7-5-6-8-17-14;1-6-3-2-4-7-5-6/h4-10H,1-3H3;2-5H,1H3/b11-4-,12-10+,13-9+;. The lowest BCUT2D eigenvalue weighted by Crippen LogP contribution is -1.99. The predicted molar refractivity (Wildman–Crippen MR) is 109 cm³/mol. The minimum absolute atomic E-state index is 0.361. The molecule has 3 aromatic heterocycles. The molecule has 0 aliphatic rings. The van der Waals surface area contributed by atoms with E-state index in [2.05, 4.69) is 25.4 Å². The van der Waals surface area contributed by atoms with Crippen molar-refractivity contribution in [3.63, 3.8) is 0 Å². The highest BCUT2D eigenvalue weighted by Gasteiger charge is 2.07. The van der Waals surface area contributed by atoms with E-state index in [1.54, 1.807) is 25.4 Å². The number of pyridine rings is 2. The number of allylic oxidation sites excluding steroid dienone is 6. The summed E-state index contributed by atoms with van der Waals surface area (Å²) in [5, 5.41) is 12.0. The van der Waals surface area contributed by atoms with Crippen LogP contribution in [0.4, 0.5) is 4.39 Å². The second-order valence-electron chi connectivity index (χ2n) is 6.00. The van der Waals surface area contributed by atoms with Crippen molar-refractivity contribution in [2.45, 2.75) is 27.7 Å². The van der Waals surface area contributed by atoms with Gasteiger partial charge in [0.2, 0.25) is 5.82 Å². The zero-order valence-electron chi connectivity index (χ0n) is 16.4. The third-order valence-electron chi connectivity index (χ3n) is 3.60. The Balaban J connectivity index is 0.000000336. The van der Waals surface area contributed by atoms with E-state index < -0.39 is 0 Å². The molecule has 28 heavy (non-hydrogen) atoms. The number of nitrogens with zero attached hydrogens (tertiary/aromatic N) is 6. The van der Waals surface area contributed by atoms with E-state index in [4.69, 9.17) is 0 Å². The van der Waals surface area contributed by atoms with E-state index in [1.807, 2.05) is 57.3 Å². The molecule has 0 unspecified atom stereocenters. The number of aryl methyl sites for hydroxylation is 1. The quantitative estimate of drug-likeness (QED) is 0.610. The first kappa shape index (κ1) is 20.8. The van der Waals surface area contributed by atoms with Gasteiger partial charge < -0.3 is 0 Å². The highest BCUT2D eigenvalue weighted by molar-refractivity contribution is 5.50. The zero-order chi connectivity index (χ0) is 20.4. The number of hydrogen-bond acceptors (Lipinski definition) is 5. The van der Waals surface area contributed by atoms with Gasteiger partial charge in [0, 0.05) is 18.6 Å². The predicted octanol–water partition coefficient (Wildman–Crippen LogP) is 4.81. The number of tetrazole rings is 1. The number of hydrogen-bond donors (Lipinski definition) is 0. The van der Waals surface area contributed by atoms with Crippen molar-refractivity contribution in [2.24, 2.45) is 0 Å². The molecule has 3 aromatic rings. The van der Waals surface area contributed by atoms with Crippen LogP contribution < -0.4 is 0 Å². The van der Waals surface area contributed by atoms with Crippen LogP contribution >= 0.6 is 0 Å². The topological polar surface area (TPSA) is 69.4 Å². The fourth-order valence-electron chi connectivity index (χ4n) is 2.01. The Kier molecular flexibility index (Phi) is 7.90. The third kappa shape index (κ3) is 6.68. The molecule has 144 valence electrons. The smallest absolute Gasteiger partial charge is 0.223 e. The molecule has 3 rings (SSSR count). The molecule has 0 aliphatic carbocycles. The van der Waals surface area contributed by atoms with Gasteiger partial charge in [-0.2, -0.15) is 0 Å². The third-order valence-corrected chi connectivity index (χ3v) is 3.60. The minimum Gasteiger partial charge on any atom is -0.264 e. The highest BCUT2D eigenvalue weighted by atomic mass is 19.1. The molecule has 0 spiro atoms. The lowest BCUT2D eigenvalue weighted by Gasteiger charge is -1.97. The molecular formula is C21H23FN6. The minimum atomic E-state index is -0.361. The molecule has 0 aromatic carbocycles. The average molecular weight is 378 g/mol. The summed E-state index contributed by atoms with van der Waals surface area (Å²) in [6, 6.07) is 9.38. The van der Waals surface area contributed by atoms with Crippen LogP contribution in [0.25, 0.3) is 17.2 Å². The Bertz CT molecular complexity index is 959. The Morgan fingerprint density at radius 1 is 1.07 bits per heavy atom. The molecule has 0 atom stereocenters. The van der Waals surface area contributed by atoms with Gasteiger partial charge in [-0.1, -0.05) is 23.8 Å². The van der Waals surface area contributed by atoms with E-state index >= 15 is 0 Å².